The number of aromatic nitrogens is 5. The molecule has 0 aliphatic heterocycles. The van der Waals surface area contributed by atoms with Gasteiger partial charge in [-0.15, -0.1) is 0 Å². The van der Waals surface area contributed by atoms with Gasteiger partial charge in [0.1, 0.15) is 5.65 Å². The largest absolute Gasteiger partial charge is 0.294 e. The van der Waals surface area contributed by atoms with Crippen molar-refractivity contribution < 1.29 is 0 Å². The average Bonchev–Trinajstić information content (AvgIpc) is 3.57. The molecule has 0 bridgehead atoms. The molecule has 0 atom stereocenters. The van der Waals surface area contributed by atoms with E-state index in [9.17, 15) is 0 Å². The van der Waals surface area contributed by atoms with Crippen molar-refractivity contribution in [2.45, 2.75) is 32.1 Å². The number of allylic oxidation sites excluding steroid dienone is 4. The van der Waals surface area contributed by atoms with Gasteiger partial charge in [-0.25, -0.2) is 19.9 Å². The van der Waals surface area contributed by atoms with Crippen molar-refractivity contribution in [3.05, 3.63) is 145 Å². The zero-order valence-electron chi connectivity index (χ0n) is 25.8. The second kappa shape index (κ2) is 10.2. The van der Waals surface area contributed by atoms with Crippen molar-refractivity contribution in [1.29, 1.82) is 0 Å². The number of hydrogen-bond donors (Lipinski definition) is 0. The van der Waals surface area contributed by atoms with Gasteiger partial charge in [0.05, 0.1) is 5.52 Å². The van der Waals surface area contributed by atoms with Crippen molar-refractivity contribution in [2.75, 3.05) is 0 Å². The van der Waals surface area contributed by atoms with Crippen LogP contribution in [0.1, 0.15) is 43.6 Å². The standard InChI is InChI=1S/C41H31N5/c1-41(2)34-24-28(39-44-37(26-12-5-3-6-13-26)43-38(45-39)27-14-7-4-8-15-27)19-21-30(34)31-22-20-29(25-35(31)41)46-36-18-10-9-16-32(36)33-17-11-23-42-40(33)46/h3-7,9-14,16-25H,8,15H2,1-2H3. The molecule has 220 valence electrons. The second-order valence-corrected chi connectivity index (χ2v) is 12.7. The highest BCUT2D eigenvalue weighted by Gasteiger charge is 2.36. The maximum absolute atomic E-state index is 5.05. The Kier molecular flexibility index (Phi) is 5.91. The normalized spacial score (nSPS) is 14.8. The van der Waals surface area contributed by atoms with Crippen molar-refractivity contribution in [3.63, 3.8) is 0 Å². The molecule has 0 fully saturated rings. The SMILES string of the molecule is CC1(C)c2cc(-c3nc(C4=CC=CCC4)nc(-c4ccccc4)n3)ccc2-c2ccc(-n3c4ccccc4c4cccnc43)cc21. The molecule has 2 aliphatic carbocycles. The lowest BCUT2D eigenvalue weighted by atomic mass is 9.82. The zero-order chi connectivity index (χ0) is 30.8. The van der Waals surface area contributed by atoms with Crippen molar-refractivity contribution >= 4 is 27.5 Å². The lowest BCUT2D eigenvalue weighted by molar-refractivity contribution is 0.660. The average molecular weight is 594 g/mol. The molecule has 3 heterocycles. The van der Waals surface area contributed by atoms with E-state index in [1.807, 2.05) is 30.5 Å². The molecule has 46 heavy (non-hydrogen) atoms. The third kappa shape index (κ3) is 4.08. The van der Waals surface area contributed by atoms with Gasteiger partial charge in [0, 0.05) is 39.2 Å². The minimum absolute atomic E-state index is 0.225. The summed E-state index contributed by atoms with van der Waals surface area (Å²) in [5.74, 6) is 2.15. The highest BCUT2D eigenvalue weighted by Crippen LogP contribution is 2.50. The van der Waals surface area contributed by atoms with Crippen LogP contribution in [0.3, 0.4) is 0 Å². The second-order valence-electron chi connectivity index (χ2n) is 12.7. The fourth-order valence-electron chi connectivity index (χ4n) is 7.21. The number of fused-ring (bicyclic) bond motifs is 6. The summed E-state index contributed by atoms with van der Waals surface area (Å²) in [7, 11) is 0. The van der Waals surface area contributed by atoms with E-state index in [0.29, 0.717) is 11.6 Å². The molecule has 7 aromatic rings. The number of hydrogen-bond acceptors (Lipinski definition) is 4. The van der Waals surface area contributed by atoms with E-state index >= 15 is 0 Å². The molecule has 0 N–H and O–H groups in total. The molecule has 2 aliphatic rings. The van der Waals surface area contributed by atoms with Crippen molar-refractivity contribution in [3.8, 4) is 39.6 Å². The number of rotatable bonds is 4. The Balaban J connectivity index is 1.17. The minimum atomic E-state index is -0.225. The molecule has 0 radical (unpaired) electrons. The number of pyridine rings is 1. The Bertz CT molecular complexity index is 2340. The van der Waals surface area contributed by atoms with Crippen LogP contribution < -0.4 is 0 Å². The number of para-hydroxylation sites is 1. The topological polar surface area (TPSA) is 56.5 Å². The lowest BCUT2D eigenvalue weighted by Crippen LogP contribution is -2.15. The number of nitrogens with zero attached hydrogens (tertiary/aromatic N) is 5. The van der Waals surface area contributed by atoms with Crippen LogP contribution in [0.2, 0.25) is 0 Å². The van der Waals surface area contributed by atoms with Crippen LogP contribution in [0.15, 0.2) is 128 Å². The minimum Gasteiger partial charge on any atom is -0.294 e. The lowest BCUT2D eigenvalue weighted by Gasteiger charge is -2.23. The molecule has 9 rings (SSSR count). The molecular formula is C41H31N5. The van der Waals surface area contributed by atoms with Gasteiger partial charge in [-0.3, -0.25) is 4.57 Å². The molecule has 3 aromatic heterocycles. The van der Waals surface area contributed by atoms with Crippen molar-refractivity contribution in [2.24, 2.45) is 0 Å². The summed E-state index contributed by atoms with van der Waals surface area (Å²) in [6, 6.07) is 36.5. The van der Waals surface area contributed by atoms with Crippen LogP contribution in [0, 0.1) is 0 Å². The summed E-state index contributed by atoms with van der Waals surface area (Å²) in [5.41, 5.74) is 11.3. The Morgan fingerprint density at radius 3 is 2.20 bits per heavy atom. The highest BCUT2D eigenvalue weighted by molar-refractivity contribution is 6.07. The molecule has 5 nitrogen and oxygen atoms in total. The van der Waals surface area contributed by atoms with Crippen molar-refractivity contribution in [1.82, 2.24) is 24.5 Å². The maximum atomic E-state index is 5.05. The summed E-state index contributed by atoms with van der Waals surface area (Å²) in [6.45, 7) is 4.64. The molecule has 0 unspecified atom stereocenters. The van der Waals surface area contributed by atoms with E-state index in [1.54, 1.807) is 0 Å². The van der Waals surface area contributed by atoms with E-state index in [-0.39, 0.29) is 5.41 Å². The Labute approximate surface area is 267 Å². The summed E-state index contributed by atoms with van der Waals surface area (Å²) in [6.07, 6.45) is 10.2. The van der Waals surface area contributed by atoms with Gasteiger partial charge in [-0.05, 0) is 77.1 Å². The molecule has 4 aromatic carbocycles. The van der Waals surface area contributed by atoms with Gasteiger partial charge in [0.25, 0.3) is 0 Å². The Morgan fingerprint density at radius 2 is 1.37 bits per heavy atom. The smallest absolute Gasteiger partial charge is 0.164 e. The molecule has 0 saturated carbocycles. The first kappa shape index (κ1) is 26.7. The molecule has 0 spiro atoms. The fraction of sp³-hybridized carbons (Fsp3) is 0.122. The molecule has 0 amide bonds. The van der Waals surface area contributed by atoms with Gasteiger partial charge >= 0.3 is 0 Å². The highest BCUT2D eigenvalue weighted by atomic mass is 15.0. The van der Waals surface area contributed by atoms with Crippen LogP contribution in [0.4, 0.5) is 0 Å². The van der Waals surface area contributed by atoms with Gasteiger partial charge in [0.2, 0.25) is 0 Å². The van der Waals surface area contributed by atoms with E-state index in [0.717, 1.165) is 57.6 Å². The summed E-state index contributed by atoms with van der Waals surface area (Å²) < 4.78 is 2.29. The van der Waals surface area contributed by atoms with Gasteiger partial charge < -0.3 is 0 Å². The monoisotopic (exact) mass is 593 g/mol. The Morgan fingerprint density at radius 1 is 0.652 bits per heavy atom. The van der Waals surface area contributed by atoms with Gasteiger partial charge in [-0.2, -0.15) is 0 Å². The van der Waals surface area contributed by atoms with Crippen LogP contribution in [0.25, 0.3) is 67.1 Å². The third-order valence-electron chi connectivity index (χ3n) is 9.58. The summed E-state index contributed by atoms with van der Waals surface area (Å²) in [5, 5.41) is 2.38. The predicted molar refractivity (Wildman–Crippen MR) is 187 cm³/mol. The quantitative estimate of drug-likeness (QED) is 0.204. The van der Waals surface area contributed by atoms with Crippen LogP contribution in [-0.2, 0) is 5.41 Å². The molecule has 0 saturated heterocycles. The Hall–Kier alpha value is -5.68. The predicted octanol–water partition coefficient (Wildman–Crippen LogP) is 9.74. The first-order chi connectivity index (χ1) is 22.6. The van der Waals surface area contributed by atoms with Gasteiger partial charge in [0.15, 0.2) is 17.5 Å². The number of benzene rings is 4. The zero-order valence-corrected chi connectivity index (χ0v) is 25.8. The van der Waals surface area contributed by atoms with E-state index in [4.69, 9.17) is 19.9 Å². The van der Waals surface area contributed by atoms with Crippen LogP contribution in [0.5, 0.6) is 0 Å². The first-order valence-electron chi connectivity index (χ1n) is 15.9. The summed E-state index contributed by atoms with van der Waals surface area (Å²) in [4.78, 5) is 19.8. The first-order valence-corrected chi connectivity index (χ1v) is 15.9. The molecular weight excluding hydrogens is 562 g/mol. The van der Waals surface area contributed by atoms with E-state index in [1.165, 1.54) is 27.6 Å². The molecule has 5 heteroatoms. The maximum Gasteiger partial charge on any atom is 0.164 e. The fourth-order valence-corrected chi connectivity index (χ4v) is 7.21. The van der Waals surface area contributed by atoms with E-state index in [2.05, 4.69) is 116 Å². The van der Waals surface area contributed by atoms with Crippen LogP contribution >= 0.6 is 0 Å². The van der Waals surface area contributed by atoms with Crippen LogP contribution in [-0.4, -0.2) is 24.5 Å². The van der Waals surface area contributed by atoms with E-state index < -0.39 is 0 Å². The third-order valence-corrected chi connectivity index (χ3v) is 9.58. The summed E-state index contributed by atoms with van der Waals surface area (Å²) >= 11 is 0. The van der Waals surface area contributed by atoms with Gasteiger partial charge in [-0.1, -0.05) is 98.8 Å².